The van der Waals surface area contributed by atoms with E-state index in [4.69, 9.17) is 28.4 Å². The van der Waals surface area contributed by atoms with Gasteiger partial charge in [0.05, 0.1) is 66.9 Å². The quantitative estimate of drug-likeness (QED) is 0.0681. The topological polar surface area (TPSA) is 225 Å². The predicted octanol–water partition coefficient (Wildman–Crippen LogP) is 9.04. The van der Waals surface area contributed by atoms with Crippen molar-refractivity contribution in [2.75, 3.05) is 50.6 Å². The average Bonchev–Trinajstić information content (AvgIpc) is 4.40. The molecule has 0 radical (unpaired) electrons. The van der Waals surface area contributed by atoms with Gasteiger partial charge in [-0.3, -0.25) is 19.0 Å². The van der Waals surface area contributed by atoms with Gasteiger partial charge in [-0.25, -0.2) is 19.0 Å². The number of nitrogens with zero attached hydrogens (tertiary/aromatic N) is 11. The van der Waals surface area contributed by atoms with Crippen molar-refractivity contribution in [1.82, 2.24) is 59.0 Å². The van der Waals surface area contributed by atoms with Crippen molar-refractivity contribution in [3.8, 4) is 57.0 Å². The lowest BCUT2D eigenvalue weighted by Crippen LogP contribution is -2.45. The normalized spacial score (nSPS) is 14.5. The SMILES string of the molecule is CN1CCOC(c2cccc(Oc3ccc(OC(F)F)c(-c4nn(C)cc4NC(=O)c4cnn5cccnc45)c3)c2)C1.Cn1cc(NC(=O)c2cnn3cccnc23)c(-c2cc(Oc3cccc(CNC4COC4)c3)ccc2OC(F)F)n1. The van der Waals surface area contributed by atoms with Crippen LogP contribution < -0.4 is 34.9 Å². The smallest absolute Gasteiger partial charge is 0.387 e. The van der Waals surface area contributed by atoms with E-state index >= 15 is 0 Å². The van der Waals surface area contributed by atoms with Gasteiger partial charge in [-0.05, 0) is 91.0 Å². The van der Waals surface area contributed by atoms with Crippen LogP contribution in [0.1, 0.15) is 37.9 Å². The highest BCUT2D eigenvalue weighted by Crippen LogP contribution is 2.41. The number of anilines is 2. The Kier molecular flexibility index (Phi) is 16.3. The summed E-state index contributed by atoms with van der Waals surface area (Å²) in [6, 6.07) is 27.7. The summed E-state index contributed by atoms with van der Waals surface area (Å²) >= 11 is 0. The van der Waals surface area contributed by atoms with Crippen LogP contribution in [0, 0.1) is 0 Å². The van der Waals surface area contributed by atoms with Crippen molar-refractivity contribution < 1.29 is 55.6 Å². The van der Waals surface area contributed by atoms with Crippen molar-refractivity contribution in [2.45, 2.75) is 31.9 Å². The molecule has 4 aromatic carbocycles. The van der Waals surface area contributed by atoms with Crippen LogP contribution in [0.2, 0.25) is 0 Å². The Labute approximate surface area is 470 Å². The third-order valence-corrected chi connectivity index (χ3v) is 13.1. The first-order valence-corrected chi connectivity index (χ1v) is 25.9. The van der Waals surface area contributed by atoms with Gasteiger partial charge in [0.25, 0.3) is 11.8 Å². The fourth-order valence-electron chi connectivity index (χ4n) is 9.19. The maximum absolute atomic E-state index is 13.4. The Morgan fingerprint density at radius 1 is 0.663 bits per heavy atom. The number of likely N-dealkylation sites (N-methyl/N-ethyl adjacent to an activating group) is 1. The number of carbonyl (C=O) groups is 2. The number of alkyl halides is 4. The fraction of sp³-hybridized carbons (Fsp3) is 0.228. The number of fused-ring (bicyclic) bond motifs is 2. The van der Waals surface area contributed by atoms with Gasteiger partial charge in [0.2, 0.25) is 0 Å². The van der Waals surface area contributed by atoms with Crippen LogP contribution in [-0.2, 0) is 30.1 Å². The molecule has 0 bridgehead atoms. The fourth-order valence-corrected chi connectivity index (χ4v) is 9.19. The number of rotatable bonds is 18. The highest BCUT2D eigenvalue weighted by molar-refractivity contribution is 6.10. The molecule has 2 fully saturated rings. The van der Waals surface area contributed by atoms with Gasteiger partial charge in [-0.15, -0.1) is 0 Å². The van der Waals surface area contributed by atoms with Crippen LogP contribution in [0.25, 0.3) is 33.8 Å². The minimum absolute atomic E-state index is 0.0901. The lowest BCUT2D eigenvalue weighted by molar-refractivity contribution is -0.0501. The number of hydrogen-bond acceptors (Lipinski definition) is 16. The Morgan fingerprint density at radius 3 is 1.71 bits per heavy atom. The van der Waals surface area contributed by atoms with Crippen molar-refractivity contribution >= 4 is 34.5 Å². The van der Waals surface area contributed by atoms with Crippen molar-refractivity contribution in [3.05, 3.63) is 169 Å². The minimum atomic E-state index is -3.08. The molecule has 0 spiro atoms. The summed E-state index contributed by atoms with van der Waals surface area (Å²) in [5.74, 6) is 0.612. The van der Waals surface area contributed by atoms with E-state index in [1.165, 1.54) is 55.1 Å². The molecule has 1 unspecified atom stereocenters. The molecule has 12 rings (SSSR count). The molecule has 22 nitrogen and oxygen atoms in total. The predicted molar refractivity (Wildman–Crippen MR) is 293 cm³/mol. The number of nitrogens with one attached hydrogen (secondary N) is 3. The zero-order valence-electron chi connectivity index (χ0n) is 44.6. The maximum atomic E-state index is 13.4. The van der Waals surface area contributed by atoms with Gasteiger partial charge in [0.15, 0.2) is 11.3 Å². The monoisotopic (exact) mass is 1140 g/mol. The first-order valence-electron chi connectivity index (χ1n) is 25.9. The Morgan fingerprint density at radius 2 is 1.19 bits per heavy atom. The van der Waals surface area contributed by atoms with Crippen LogP contribution in [0.3, 0.4) is 0 Å². The number of aryl methyl sites for hydroxylation is 2. The highest BCUT2D eigenvalue weighted by atomic mass is 19.3. The lowest BCUT2D eigenvalue weighted by Gasteiger charge is -2.30. The average molecular weight is 1140 g/mol. The van der Waals surface area contributed by atoms with Gasteiger partial charge in [-0.2, -0.15) is 38.0 Å². The molecule has 2 saturated heterocycles. The van der Waals surface area contributed by atoms with Gasteiger partial charge in [0.1, 0.15) is 57.0 Å². The molecule has 0 saturated carbocycles. The summed E-state index contributed by atoms with van der Waals surface area (Å²) in [6.45, 7) is -1.85. The standard InChI is InChI=1S/C29H27F2N7O4.C28H25F2N7O4/c1-36-11-12-40-25(17-36)18-5-3-6-19(13-18)41-20-7-8-24(42-29(30)31)21(14-20)26-23(16-37(2)35-26)34-28(39)22-15-33-38-10-4-9-32-27(22)38;1-36-14-23(34-27(38)22-13-33-37-9-3-8-31-26(22)37)25(35-36)21-11-20(6-7-24(21)41-28(29)30)40-19-5-2-4-17(10-19)12-32-18-15-39-16-18/h3-10,13-16,25,29H,11-12,17H2,1-2H3,(H,34,39);2-11,13-14,18,28,32H,12,15-16H2,1H3,(H,34,38). The summed E-state index contributed by atoms with van der Waals surface area (Å²) in [7, 11) is 5.35. The Bertz CT molecular complexity index is 3940. The van der Waals surface area contributed by atoms with Gasteiger partial charge >= 0.3 is 13.2 Å². The molecule has 426 valence electrons. The number of hydrogen-bond donors (Lipinski definition) is 3. The molecule has 6 aromatic heterocycles. The number of halogens is 4. The van der Waals surface area contributed by atoms with E-state index in [0.717, 1.165) is 24.2 Å². The van der Waals surface area contributed by atoms with Crippen LogP contribution in [0.4, 0.5) is 28.9 Å². The molecule has 1 atom stereocenters. The van der Waals surface area contributed by atoms with E-state index in [0.29, 0.717) is 66.7 Å². The zero-order chi connectivity index (χ0) is 57.6. The van der Waals surface area contributed by atoms with E-state index in [2.05, 4.69) is 51.2 Å². The summed E-state index contributed by atoms with van der Waals surface area (Å²) < 4.78 is 92.3. The molecule has 3 N–H and O–H groups in total. The Balaban J connectivity index is 0.000000174. The van der Waals surface area contributed by atoms with E-state index in [1.807, 2.05) is 43.4 Å². The summed E-state index contributed by atoms with van der Waals surface area (Å²) in [4.78, 5) is 37.0. The third-order valence-electron chi connectivity index (χ3n) is 13.1. The van der Waals surface area contributed by atoms with Gasteiger partial charge in [0, 0.05) is 70.9 Å². The van der Waals surface area contributed by atoms with Crippen molar-refractivity contribution in [1.29, 1.82) is 0 Å². The van der Waals surface area contributed by atoms with E-state index < -0.39 is 25.0 Å². The zero-order valence-corrected chi connectivity index (χ0v) is 44.6. The third kappa shape index (κ3) is 13.1. The van der Waals surface area contributed by atoms with E-state index in [9.17, 15) is 27.2 Å². The first-order chi connectivity index (χ1) is 40.3. The molecule has 0 aliphatic carbocycles. The number of carbonyl (C=O) groups excluding carboxylic acids is 2. The van der Waals surface area contributed by atoms with Crippen LogP contribution in [0.5, 0.6) is 34.5 Å². The number of morpholine rings is 1. The molecular formula is C57H52F4N14O8. The van der Waals surface area contributed by atoms with Crippen LogP contribution >= 0.6 is 0 Å². The largest absolute Gasteiger partial charge is 0.457 e. The van der Waals surface area contributed by atoms with Crippen LogP contribution in [0.15, 0.2) is 147 Å². The number of benzene rings is 4. The van der Waals surface area contributed by atoms with E-state index in [-0.39, 0.29) is 62.6 Å². The number of amides is 2. The molecule has 83 heavy (non-hydrogen) atoms. The summed E-state index contributed by atoms with van der Waals surface area (Å²) in [6.07, 6.45) is 12.3. The van der Waals surface area contributed by atoms with Gasteiger partial charge in [-0.1, -0.05) is 24.3 Å². The molecule has 2 aliphatic heterocycles. The first kappa shape index (κ1) is 55.2. The molecule has 8 heterocycles. The second-order valence-electron chi connectivity index (χ2n) is 19.2. The highest BCUT2D eigenvalue weighted by Gasteiger charge is 2.26. The second kappa shape index (κ2) is 24.5. The molecule has 10 aromatic rings. The van der Waals surface area contributed by atoms with Crippen molar-refractivity contribution in [3.63, 3.8) is 0 Å². The minimum Gasteiger partial charge on any atom is -0.457 e. The summed E-state index contributed by atoms with van der Waals surface area (Å²) in [5.41, 5.74) is 4.58. The van der Waals surface area contributed by atoms with Gasteiger partial charge < -0.3 is 49.3 Å². The Hall–Kier alpha value is -9.76. The molecule has 2 aliphatic rings. The lowest BCUT2D eigenvalue weighted by atomic mass is 10.1. The molecule has 2 amide bonds. The van der Waals surface area contributed by atoms with Crippen molar-refractivity contribution in [2.24, 2.45) is 14.1 Å². The number of ether oxygens (including phenoxy) is 6. The molecule has 26 heteroatoms. The van der Waals surface area contributed by atoms with Crippen LogP contribution in [-0.4, -0.2) is 125 Å². The van der Waals surface area contributed by atoms with E-state index in [1.54, 1.807) is 87.7 Å². The number of aromatic nitrogens is 10. The summed E-state index contributed by atoms with van der Waals surface area (Å²) in [5, 5.41) is 26.2. The molecular weight excluding hydrogens is 1080 g/mol. The second-order valence-corrected chi connectivity index (χ2v) is 19.2. The maximum Gasteiger partial charge on any atom is 0.387 e.